The van der Waals surface area contributed by atoms with Crippen LogP contribution in [0.5, 0.6) is 0 Å². The lowest BCUT2D eigenvalue weighted by atomic mass is 10.1. The summed E-state index contributed by atoms with van der Waals surface area (Å²) >= 11 is 0. The maximum absolute atomic E-state index is 12.4. The molecule has 3 aromatic rings. The van der Waals surface area contributed by atoms with Gasteiger partial charge < -0.3 is 4.98 Å². The quantitative estimate of drug-likeness (QED) is 0.693. The van der Waals surface area contributed by atoms with E-state index in [1.165, 1.54) is 0 Å². The first kappa shape index (κ1) is 15.1. The van der Waals surface area contributed by atoms with Gasteiger partial charge >= 0.3 is 6.18 Å². The van der Waals surface area contributed by atoms with Crippen LogP contribution in [0, 0.1) is 6.92 Å². The Kier molecular flexibility index (Phi) is 3.55. The van der Waals surface area contributed by atoms with Crippen molar-refractivity contribution in [3.05, 3.63) is 41.3 Å². The monoisotopic (exact) mass is 323 g/mol. The van der Waals surface area contributed by atoms with Gasteiger partial charge in [0.1, 0.15) is 0 Å². The number of hydrogen-bond donors (Lipinski definition) is 3. The highest BCUT2D eigenvalue weighted by molar-refractivity contribution is 5.95. The van der Waals surface area contributed by atoms with E-state index in [-0.39, 0.29) is 6.42 Å². The second-order valence-corrected chi connectivity index (χ2v) is 5.00. The van der Waals surface area contributed by atoms with Crippen molar-refractivity contribution in [2.75, 3.05) is 5.32 Å². The van der Waals surface area contributed by atoms with Gasteiger partial charge in [0.2, 0.25) is 17.7 Å². The summed E-state index contributed by atoms with van der Waals surface area (Å²) in [5.41, 5.74) is 2.50. The van der Waals surface area contributed by atoms with E-state index in [9.17, 15) is 18.0 Å². The fourth-order valence-electron chi connectivity index (χ4n) is 2.34. The van der Waals surface area contributed by atoms with Gasteiger partial charge in [0.05, 0.1) is 6.42 Å². The van der Waals surface area contributed by atoms with Crippen molar-refractivity contribution in [3.8, 4) is 0 Å². The van der Waals surface area contributed by atoms with E-state index in [0.29, 0.717) is 0 Å². The van der Waals surface area contributed by atoms with Gasteiger partial charge in [-0.25, -0.2) is 0 Å². The Balaban J connectivity index is 1.76. The van der Waals surface area contributed by atoms with Crippen molar-refractivity contribution in [1.29, 1.82) is 0 Å². The van der Waals surface area contributed by atoms with Gasteiger partial charge in [0, 0.05) is 16.6 Å². The molecule has 1 aromatic carbocycles. The van der Waals surface area contributed by atoms with Crippen LogP contribution in [0.15, 0.2) is 24.3 Å². The zero-order chi connectivity index (χ0) is 16.6. The minimum absolute atomic E-state index is 0.00569. The first-order valence-corrected chi connectivity index (χ1v) is 6.70. The first-order chi connectivity index (χ1) is 10.8. The number of H-pyrrole nitrogens is 2. The molecule has 23 heavy (non-hydrogen) atoms. The predicted molar refractivity (Wildman–Crippen MR) is 76.8 cm³/mol. The number of aryl methyl sites for hydroxylation is 1. The summed E-state index contributed by atoms with van der Waals surface area (Å²) in [6.07, 6.45) is -4.63. The number of rotatable bonds is 3. The Morgan fingerprint density at radius 3 is 2.74 bits per heavy atom. The summed E-state index contributed by atoms with van der Waals surface area (Å²) in [6.45, 7) is 1.83. The van der Waals surface area contributed by atoms with Crippen LogP contribution in [0.2, 0.25) is 0 Å². The number of nitrogens with zero attached hydrogens (tertiary/aromatic N) is 2. The molecule has 9 heteroatoms. The summed E-state index contributed by atoms with van der Waals surface area (Å²) in [6, 6.07) is 7.47. The number of alkyl halides is 3. The number of benzene rings is 1. The second-order valence-electron chi connectivity index (χ2n) is 5.00. The zero-order valence-corrected chi connectivity index (χ0v) is 12.0. The van der Waals surface area contributed by atoms with Gasteiger partial charge in [0.25, 0.3) is 0 Å². The van der Waals surface area contributed by atoms with Crippen LogP contribution in [0.25, 0.3) is 10.9 Å². The minimum atomic E-state index is -4.64. The molecule has 0 atom stereocenters. The van der Waals surface area contributed by atoms with Crippen molar-refractivity contribution < 1.29 is 18.0 Å². The largest absolute Gasteiger partial charge is 0.451 e. The molecule has 3 N–H and O–H groups in total. The average molecular weight is 323 g/mol. The Labute approximate surface area is 128 Å². The molecule has 0 fully saturated rings. The number of aromatic nitrogens is 4. The molecule has 0 aliphatic heterocycles. The number of amides is 1. The number of halogens is 3. The number of fused-ring (bicyclic) bond motifs is 1. The highest BCUT2D eigenvalue weighted by Gasteiger charge is 2.35. The van der Waals surface area contributed by atoms with Crippen LogP contribution < -0.4 is 5.32 Å². The third-order valence-corrected chi connectivity index (χ3v) is 3.37. The van der Waals surface area contributed by atoms with E-state index >= 15 is 0 Å². The van der Waals surface area contributed by atoms with Crippen LogP contribution >= 0.6 is 0 Å². The molecular formula is C14H12F3N5O. The number of carbonyl (C=O) groups is 1. The lowest BCUT2D eigenvalue weighted by Crippen LogP contribution is -2.16. The van der Waals surface area contributed by atoms with E-state index in [2.05, 4.69) is 20.4 Å². The molecular weight excluding hydrogens is 311 g/mol. The number of aromatic amines is 2. The molecule has 6 nitrogen and oxygen atoms in total. The second kappa shape index (κ2) is 5.41. The van der Waals surface area contributed by atoms with Gasteiger partial charge in [-0.05, 0) is 18.6 Å². The van der Waals surface area contributed by atoms with Crippen LogP contribution in [0.3, 0.4) is 0 Å². The van der Waals surface area contributed by atoms with Crippen LogP contribution in [-0.4, -0.2) is 26.1 Å². The minimum Gasteiger partial charge on any atom is -0.358 e. The van der Waals surface area contributed by atoms with Crippen molar-refractivity contribution in [2.45, 2.75) is 19.5 Å². The normalized spacial score (nSPS) is 11.8. The third kappa shape index (κ3) is 3.03. The molecule has 0 unspecified atom stereocenters. The number of carbonyl (C=O) groups excluding carboxylic acids is 1. The molecule has 2 aromatic heterocycles. The smallest absolute Gasteiger partial charge is 0.358 e. The lowest BCUT2D eigenvalue weighted by Gasteiger charge is -2.02. The van der Waals surface area contributed by atoms with Crippen LogP contribution in [0.4, 0.5) is 19.1 Å². The van der Waals surface area contributed by atoms with Crippen molar-refractivity contribution in [2.24, 2.45) is 0 Å². The number of nitrogens with one attached hydrogen (secondary N) is 3. The van der Waals surface area contributed by atoms with Gasteiger partial charge in [-0.2, -0.15) is 18.2 Å². The Morgan fingerprint density at radius 1 is 1.30 bits per heavy atom. The van der Waals surface area contributed by atoms with Crippen LogP contribution in [-0.2, 0) is 17.4 Å². The molecule has 1 amide bonds. The van der Waals surface area contributed by atoms with Crippen molar-refractivity contribution in [3.63, 3.8) is 0 Å². The van der Waals surface area contributed by atoms with Crippen molar-refractivity contribution in [1.82, 2.24) is 20.2 Å². The molecule has 0 saturated carbocycles. The van der Waals surface area contributed by atoms with Crippen LogP contribution in [0.1, 0.15) is 17.1 Å². The van der Waals surface area contributed by atoms with E-state index < -0.39 is 23.9 Å². The summed E-state index contributed by atoms with van der Waals surface area (Å²) in [7, 11) is 0. The number of para-hydroxylation sites is 1. The average Bonchev–Trinajstić information content (AvgIpc) is 3.04. The topological polar surface area (TPSA) is 86.5 Å². The molecule has 0 radical (unpaired) electrons. The van der Waals surface area contributed by atoms with Gasteiger partial charge in [-0.3, -0.25) is 15.2 Å². The van der Waals surface area contributed by atoms with Crippen molar-refractivity contribution >= 4 is 22.8 Å². The predicted octanol–water partition coefficient (Wildman–Crippen LogP) is 2.79. The highest BCUT2D eigenvalue weighted by atomic mass is 19.4. The molecule has 0 aliphatic rings. The van der Waals surface area contributed by atoms with E-state index in [1.54, 1.807) is 5.10 Å². The lowest BCUT2D eigenvalue weighted by molar-refractivity contribution is -0.144. The SMILES string of the molecule is Cc1[nH]c2ccccc2c1CC(=O)Nc1n[nH]c(C(F)(F)F)n1. The standard InChI is InChI=1S/C14H12F3N5O/c1-7-9(8-4-2-3-5-10(8)18-7)6-11(23)19-13-20-12(21-22-13)14(15,16)17/h2-5,18H,6H2,1H3,(H2,19,20,21,22,23). The number of hydrogen-bond acceptors (Lipinski definition) is 3. The molecule has 0 saturated heterocycles. The fraction of sp³-hybridized carbons (Fsp3) is 0.214. The fourth-order valence-corrected chi connectivity index (χ4v) is 2.34. The summed E-state index contributed by atoms with van der Waals surface area (Å²) in [5, 5.41) is 8.24. The maximum Gasteiger partial charge on any atom is 0.451 e. The van der Waals surface area contributed by atoms with Gasteiger partial charge in [-0.15, -0.1) is 5.10 Å². The number of anilines is 1. The molecule has 0 aliphatic carbocycles. The van der Waals surface area contributed by atoms with Gasteiger partial charge in [0.15, 0.2) is 0 Å². The molecule has 0 spiro atoms. The zero-order valence-electron chi connectivity index (χ0n) is 12.0. The summed E-state index contributed by atoms with van der Waals surface area (Å²) in [4.78, 5) is 18.4. The molecule has 3 rings (SSSR count). The van der Waals surface area contributed by atoms with E-state index in [0.717, 1.165) is 22.2 Å². The van der Waals surface area contributed by atoms with Gasteiger partial charge in [-0.1, -0.05) is 18.2 Å². The summed E-state index contributed by atoms with van der Waals surface area (Å²) in [5.74, 6) is -2.15. The Morgan fingerprint density at radius 2 is 2.04 bits per heavy atom. The van der Waals surface area contributed by atoms with E-state index in [1.807, 2.05) is 31.2 Å². The highest BCUT2D eigenvalue weighted by Crippen LogP contribution is 2.26. The molecule has 120 valence electrons. The molecule has 0 bridgehead atoms. The molecule has 2 heterocycles. The Hall–Kier alpha value is -2.84. The third-order valence-electron chi connectivity index (χ3n) is 3.37. The summed E-state index contributed by atoms with van der Waals surface area (Å²) < 4.78 is 37.3. The van der Waals surface area contributed by atoms with E-state index in [4.69, 9.17) is 0 Å². The Bertz CT molecular complexity index is 865. The first-order valence-electron chi connectivity index (χ1n) is 6.70. The maximum atomic E-state index is 12.4.